The predicted octanol–water partition coefficient (Wildman–Crippen LogP) is 1.71. The molecule has 2 rings (SSSR count). The summed E-state index contributed by atoms with van der Waals surface area (Å²) in [6.45, 7) is 0. The van der Waals surface area contributed by atoms with Crippen molar-refractivity contribution in [3.05, 3.63) is 30.3 Å². The molecule has 2 aromatic carbocycles. The Labute approximate surface area is 91.9 Å². The molecular formula is C10H8NO4S. The van der Waals surface area contributed by atoms with Crippen LogP contribution in [-0.4, -0.2) is 18.1 Å². The van der Waals surface area contributed by atoms with E-state index in [-0.39, 0.29) is 16.3 Å². The number of hydrogen-bond donors (Lipinski definition) is 2. The van der Waals surface area contributed by atoms with E-state index >= 15 is 0 Å². The fraction of sp³-hybridized carbons (Fsp3) is 0. The number of benzene rings is 2. The van der Waals surface area contributed by atoms with E-state index in [1.165, 1.54) is 24.3 Å². The minimum absolute atomic E-state index is 0.194. The van der Waals surface area contributed by atoms with Gasteiger partial charge >= 0.3 is 0 Å². The first-order valence-electron chi connectivity index (χ1n) is 4.34. The summed E-state index contributed by atoms with van der Waals surface area (Å²) in [6, 6.07) is 6.59. The first kappa shape index (κ1) is 10.7. The third kappa shape index (κ3) is 1.80. The van der Waals surface area contributed by atoms with E-state index in [9.17, 15) is 13.5 Å². The molecule has 0 aliphatic carbocycles. The van der Waals surface area contributed by atoms with Gasteiger partial charge in [0.2, 0.25) is 0 Å². The number of hydrogen-bond acceptors (Lipinski definition) is 3. The van der Waals surface area contributed by atoms with E-state index in [1.54, 1.807) is 0 Å². The second kappa shape index (κ2) is 3.36. The third-order valence-corrected chi connectivity index (χ3v) is 3.03. The minimum Gasteiger partial charge on any atom is -0.507 e. The highest BCUT2D eigenvalue weighted by atomic mass is 32.2. The van der Waals surface area contributed by atoms with Crippen molar-refractivity contribution in [3.63, 3.8) is 0 Å². The highest BCUT2D eigenvalue weighted by Gasteiger charge is 2.13. The largest absolute Gasteiger partial charge is 0.507 e. The standard InChI is InChI=1S/C10H8NO4S/c11-7-1-2-9-6(3-7)4-8(5-10(9)12)16(13,14)15/h1-5,11-12H,(H,13,14,15). The van der Waals surface area contributed by atoms with Crippen molar-refractivity contribution >= 4 is 26.6 Å². The van der Waals surface area contributed by atoms with Crippen molar-refractivity contribution < 1.29 is 18.1 Å². The van der Waals surface area contributed by atoms with Gasteiger partial charge in [-0.05, 0) is 29.7 Å². The monoisotopic (exact) mass is 238 g/mol. The molecule has 0 atom stereocenters. The first-order valence-corrected chi connectivity index (χ1v) is 5.78. The quantitative estimate of drug-likeness (QED) is 0.738. The van der Waals surface area contributed by atoms with Gasteiger partial charge in [0.25, 0.3) is 10.1 Å². The zero-order chi connectivity index (χ0) is 11.9. The van der Waals surface area contributed by atoms with Crippen molar-refractivity contribution in [3.8, 4) is 5.75 Å². The molecule has 1 radical (unpaired) electrons. The Balaban J connectivity index is 2.85. The second-order valence-corrected chi connectivity index (χ2v) is 4.77. The molecule has 0 heterocycles. The Morgan fingerprint density at radius 2 is 1.81 bits per heavy atom. The summed E-state index contributed by atoms with van der Waals surface area (Å²) in [6.07, 6.45) is 0. The maximum Gasteiger partial charge on any atom is 0.294 e. The van der Waals surface area contributed by atoms with Crippen LogP contribution in [0.1, 0.15) is 0 Å². The topological polar surface area (TPSA) is 98.4 Å². The van der Waals surface area contributed by atoms with Crippen LogP contribution in [0.25, 0.3) is 10.8 Å². The number of fused-ring (bicyclic) bond motifs is 1. The summed E-state index contributed by atoms with van der Waals surface area (Å²) < 4.78 is 30.7. The Hall–Kier alpha value is -1.79. The molecule has 0 spiro atoms. The van der Waals surface area contributed by atoms with Gasteiger partial charge in [-0.25, -0.2) is 0 Å². The van der Waals surface area contributed by atoms with Gasteiger partial charge in [-0.1, -0.05) is 0 Å². The van der Waals surface area contributed by atoms with Gasteiger partial charge in [0.1, 0.15) is 5.75 Å². The Morgan fingerprint density at radius 1 is 1.12 bits per heavy atom. The van der Waals surface area contributed by atoms with E-state index < -0.39 is 10.1 Å². The van der Waals surface area contributed by atoms with E-state index in [1.807, 2.05) is 0 Å². The van der Waals surface area contributed by atoms with Crippen LogP contribution in [0.5, 0.6) is 5.75 Å². The summed E-state index contributed by atoms with van der Waals surface area (Å²) in [5.74, 6) is -0.245. The van der Waals surface area contributed by atoms with E-state index in [4.69, 9.17) is 10.3 Å². The van der Waals surface area contributed by atoms with Gasteiger partial charge in [0.15, 0.2) is 0 Å². The number of nitrogens with one attached hydrogen (secondary N) is 1. The zero-order valence-electron chi connectivity index (χ0n) is 8.01. The van der Waals surface area contributed by atoms with Crippen molar-refractivity contribution in [1.82, 2.24) is 5.73 Å². The Bertz CT molecular complexity index is 664. The van der Waals surface area contributed by atoms with Crippen LogP contribution >= 0.6 is 0 Å². The van der Waals surface area contributed by atoms with Gasteiger partial charge in [-0.15, -0.1) is 0 Å². The van der Waals surface area contributed by atoms with Crippen molar-refractivity contribution in [1.29, 1.82) is 0 Å². The third-order valence-electron chi connectivity index (χ3n) is 2.20. The number of aromatic hydroxyl groups is 1. The molecule has 2 aromatic rings. The average Bonchev–Trinajstić information content (AvgIpc) is 2.15. The van der Waals surface area contributed by atoms with Crippen molar-refractivity contribution in [2.75, 3.05) is 0 Å². The normalized spacial score (nSPS) is 11.8. The fourth-order valence-corrected chi connectivity index (χ4v) is 2.01. The van der Waals surface area contributed by atoms with E-state index in [0.29, 0.717) is 10.8 Å². The van der Waals surface area contributed by atoms with Gasteiger partial charge < -0.3 is 10.8 Å². The van der Waals surface area contributed by atoms with Crippen LogP contribution in [0.15, 0.2) is 35.2 Å². The highest BCUT2D eigenvalue weighted by molar-refractivity contribution is 7.85. The van der Waals surface area contributed by atoms with E-state index in [0.717, 1.165) is 6.07 Å². The molecule has 5 nitrogen and oxygen atoms in total. The Morgan fingerprint density at radius 3 is 2.44 bits per heavy atom. The summed E-state index contributed by atoms with van der Waals surface area (Å²) in [5, 5.41) is 10.4. The molecule has 0 aliphatic heterocycles. The van der Waals surface area contributed by atoms with Gasteiger partial charge in [-0.3, -0.25) is 4.55 Å². The summed E-state index contributed by atoms with van der Waals surface area (Å²) in [5.41, 5.74) is 7.57. The average molecular weight is 238 g/mol. The maximum atomic E-state index is 10.9. The molecule has 0 aliphatic rings. The lowest BCUT2D eigenvalue weighted by Crippen LogP contribution is -1.97. The summed E-state index contributed by atoms with van der Waals surface area (Å²) in [4.78, 5) is -0.386. The van der Waals surface area contributed by atoms with Crippen molar-refractivity contribution in [2.45, 2.75) is 4.90 Å². The number of phenols is 1. The molecule has 3 N–H and O–H groups in total. The van der Waals surface area contributed by atoms with Crippen LogP contribution in [0, 0.1) is 0 Å². The van der Waals surface area contributed by atoms with Crippen molar-refractivity contribution in [2.24, 2.45) is 0 Å². The zero-order valence-corrected chi connectivity index (χ0v) is 8.82. The molecule has 0 fully saturated rings. The molecule has 83 valence electrons. The van der Waals surface area contributed by atoms with E-state index in [2.05, 4.69) is 0 Å². The second-order valence-electron chi connectivity index (χ2n) is 3.35. The fourth-order valence-electron chi connectivity index (χ4n) is 1.47. The SMILES string of the molecule is [NH]c1ccc2c(O)cc(S(=O)(=O)O)cc2c1. The molecule has 0 bridgehead atoms. The Kier molecular flexibility index (Phi) is 2.25. The van der Waals surface area contributed by atoms with Crippen LogP contribution in [0.2, 0.25) is 0 Å². The smallest absolute Gasteiger partial charge is 0.294 e. The summed E-state index contributed by atoms with van der Waals surface area (Å²) in [7, 11) is -4.35. The summed E-state index contributed by atoms with van der Waals surface area (Å²) >= 11 is 0. The van der Waals surface area contributed by atoms with Gasteiger partial charge in [0.05, 0.1) is 10.6 Å². The molecule has 0 saturated heterocycles. The van der Waals surface area contributed by atoms with Crippen LogP contribution in [0.3, 0.4) is 0 Å². The molecule has 0 unspecified atom stereocenters. The highest BCUT2D eigenvalue weighted by Crippen LogP contribution is 2.30. The number of rotatable bonds is 1. The lowest BCUT2D eigenvalue weighted by molar-refractivity contribution is 0.471. The number of phenolic OH excluding ortho intramolecular Hbond substituents is 1. The molecule has 16 heavy (non-hydrogen) atoms. The van der Waals surface area contributed by atoms with Crippen LogP contribution in [0.4, 0.5) is 5.69 Å². The molecule has 0 aromatic heterocycles. The molecular weight excluding hydrogens is 230 g/mol. The van der Waals surface area contributed by atoms with Crippen LogP contribution < -0.4 is 5.73 Å². The first-order chi connectivity index (χ1) is 7.38. The van der Waals surface area contributed by atoms with Crippen LogP contribution in [-0.2, 0) is 10.1 Å². The minimum atomic E-state index is -4.35. The molecule has 0 amide bonds. The van der Waals surface area contributed by atoms with Gasteiger partial charge in [-0.2, -0.15) is 8.42 Å². The van der Waals surface area contributed by atoms with Gasteiger partial charge in [0, 0.05) is 11.5 Å². The molecule has 6 heteroatoms. The lowest BCUT2D eigenvalue weighted by Gasteiger charge is -2.04. The molecule has 0 saturated carbocycles. The maximum absolute atomic E-state index is 10.9. The lowest BCUT2D eigenvalue weighted by atomic mass is 10.1. The predicted molar refractivity (Wildman–Crippen MR) is 58.2 cm³/mol.